The number of ether oxygens (including phenoxy) is 1. The van der Waals surface area contributed by atoms with Crippen molar-refractivity contribution >= 4 is 0 Å². The standard InChI is InChI=1S/C27H43NO2/c1-16-7-12-27(28-15-16)17(2)24-23(30-27)14-22-20-6-5-18-13-19(29)8-10-25(18,3)21(20)9-11-26(22,24)4/h5,16-17,19-24,28-29H,6-15H2,1-4H3/t16-,17+,19-,20-,21+,22+,23+,24+,25+,26-,27-/m1/s1. The van der Waals surface area contributed by atoms with Crippen LogP contribution in [0.5, 0.6) is 0 Å². The largest absolute Gasteiger partial charge is 0.393 e. The van der Waals surface area contributed by atoms with Gasteiger partial charge in [0, 0.05) is 12.5 Å². The first-order valence-corrected chi connectivity index (χ1v) is 13.1. The van der Waals surface area contributed by atoms with Crippen molar-refractivity contribution in [3.63, 3.8) is 0 Å². The highest BCUT2D eigenvalue weighted by atomic mass is 16.5. The maximum atomic E-state index is 10.3. The number of allylic oxidation sites excluding steroid dienone is 1. The molecule has 0 aromatic carbocycles. The molecule has 2 saturated heterocycles. The smallest absolute Gasteiger partial charge is 0.122 e. The van der Waals surface area contributed by atoms with Crippen LogP contribution in [0.15, 0.2) is 11.6 Å². The minimum Gasteiger partial charge on any atom is -0.393 e. The molecule has 1 spiro atoms. The molecule has 2 aliphatic heterocycles. The lowest BCUT2D eigenvalue weighted by atomic mass is 9.47. The Bertz CT molecular complexity index is 739. The van der Waals surface area contributed by atoms with Crippen molar-refractivity contribution < 1.29 is 9.84 Å². The van der Waals surface area contributed by atoms with E-state index >= 15 is 0 Å². The Hall–Kier alpha value is -0.380. The molecule has 0 unspecified atom stereocenters. The predicted octanol–water partition coefficient (Wildman–Crippen LogP) is 5.29. The SMILES string of the molecule is C[C@@H]1CC[C@@]2(NC1)O[C@H]1C[C@H]3[C@@H]4CC=C5C[C@H](O)CC[C@]5(C)[C@H]4CC[C@@]3(C)[C@H]1[C@@H]2C. The van der Waals surface area contributed by atoms with Crippen LogP contribution in [-0.2, 0) is 4.74 Å². The highest BCUT2D eigenvalue weighted by molar-refractivity contribution is 5.26. The summed E-state index contributed by atoms with van der Waals surface area (Å²) in [4.78, 5) is 0. The fourth-order valence-electron chi connectivity index (χ4n) is 9.84. The number of rotatable bonds is 0. The molecule has 4 aliphatic carbocycles. The lowest BCUT2D eigenvalue weighted by Gasteiger charge is -2.58. The maximum Gasteiger partial charge on any atom is 0.122 e. The van der Waals surface area contributed by atoms with Crippen molar-refractivity contribution in [2.24, 2.45) is 46.3 Å². The third kappa shape index (κ3) is 2.55. The van der Waals surface area contributed by atoms with Gasteiger partial charge in [0.2, 0.25) is 0 Å². The van der Waals surface area contributed by atoms with Crippen LogP contribution in [0.2, 0.25) is 0 Å². The van der Waals surface area contributed by atoms with Gasteiger partial charge in [-0.25, -0.2) is 0 Å². The highest BCUT2D eigenvalue weighted by Crippen LogP contribution is 2.70. The van der Waals surface area contributed by atoms with E-state index in [-0.39, 0.29) is 11.8 Å². The third-order valence-electron chi connectivity index (χ3n) is 11.6. The van der Waals surface area contributed by atoms with Gasteiger partial charge in [0.15, 0.2) is 0 Å². The fraction of sp³-hybridized carbons (Fsp3) is 0.926. The number of hydrogen-bond donors (Lipinski definition) is 2. The molecular formula is C27H43NO2. The van der Waals surface area contributed by atoms with Crippen molar-refractivity contribution in [2.75, 3.05) is 6.54 Å². The summed E-state index contributed by atoms with van der Waals surface area (Å²) in [7, 11) is 0. The average molecular weight is 414 g/mol. The first-order chi connectivity index (χ1) is 14.3. The van der Waals surface area contributed by atoms with Crippen molar-refractivity contribution in [2.45, 2.75) is 103 Å². The molecule has 3 nitrogen and oxygen atoms in total. The Morgan fingerprint density at radius 1 is 1.07 bits per heavy atom. The lowest BCUT2D eigenvalue weighted by Crippen LogP contribution is -2.57. The molecule has 2 N–H and O–H groups in total. The van der Waals surface area contributed by atoms with E-state index in [2.05, 4.69) is 39.1 Å². The van der Waals surface area contributed by atoms with Crippen LogP contribution >= 0.6 is 0 Å². The number of aliphatic hydroxyl groups excluding tert-OH is 1. The molecule has 30 heavy (non-hydrogen) atoms. The Labute approximate surface area is 183 Å². The molecule has 2 heterocycles. The van der Waals surface area contributed by atoms with Gasteiger partial charge in [0.05, 0.1) is 12.2 Å². The van der Waals surface area contributed by atoms with E-state index in [0.29, 0.717) is 22.9 Å². The first-order valence-electron chi connectivity index (χ1n) is 13.1. The topological polar surface area (TPSA) is 41.5 Å². The summed E-state index contributed by atoms with van der Waals surface area (Å²) in [5, 5.41) is 14.1. The Morgan fingerprint density at radius 3 is 2.67 bits per heavy atom. The summed E-state index contributed by atoms with van der Waals surface area (Å²) in [5.74, 6) is 4.58. The average Bonchev–Trinajstić information content (AvgIpc) is 3.16. The molecule has 5 fully saturated rings. The Kier molecular flexibility index (Phi) is 4.44. The Balaban J connectivity index is 1.28. The summed E-state index contributed by atoms with van der Waals surface area (Å²) in [5.41, 5.74) is 2.33. The van der Waals surface area contributed by atoms with Crippen LogP contribution in [0, 0.1) is 46.3 Å². The molecule has 0 radical (unpaired) electrons. The molecule has 0 amide bonds. The maximum absolute atomic E-state index is 10.3. The van der Waals surface area contributed by atoms with Gasteiger partial charge in [0.25, 0.3) is 0 Å². The van der Waals surface area contributed by atoms with Gasteiger partial charge in [-0.15, -0.1) is 0 Å². The van der Waals surface area contributed by atoms with Crippen molar-refractivity contribution in [3.05, 3.63) is 11.6 Å². The number of aliphatic hydroxyl groups is 1. The summed E-state index contributed by atoms with van der Waals surface area (Å²) in [6.45, 7) is 11.2. The van der Waals surface area contributed by atoms with Crippen molar-refractivity contribution in [1.82, 2.24) is 5.32 Å². The second-order valence-corrected chi connectivity index (χ2v) is 12.8. The minimum atomic E-state index is -0.100. The van der Waals surface area contributed by atoms with Gasteiger partial charge in [-0.2, -0.15) is 0 Å². The van der Waals surface area contributed by atoms with Crippen LogP contribution in [0.1, 0.15) is 85.5 Å². The number of fused-ring (bicyclic) bond motifs is 7. The first kappa shape index (κ1) is 20.2. The predicted molar refractivity (Wildman–Crippen MR) is 120 cm³/mol. The quantitative estimate of drug-likeness (QED) is 0.530. The van der Waals surface area contributed by atoms with Crippen LogP contribution in [-0.4, -0.2) is 29.6 Å². The molecule has 6 rings (SSSR count). The monoisotopic (exact) mass is 413 g/mol. The van der Waals surface area contributed by atoms with Gasteiger partial charge >= 0.3 is 0 Å². The second-order valence-electron chi connectivity index (χ2n) is 12.8. The van der Waals surface area contributed by atoms with Crippen molar-refractivity contribution in [3.8, 4) is 0 Å². The highest BCUT2D eigenvalue weighted by Gasteiger charge is 2.68. The van der Waals surface area contributed by atoms with Crippen molar-refractivity contribution in [1.29, 1.82) is 0 Å². The summed E-state index contributed by atoms with van der Waals surface area (Å²) < 4.78 is 7.00. The molecule has 11 atom stereocenters. The molecule has 3 saturated carbocycles. The molecule has 0 bridgehead atoms. The van der Waals surface area contributed by atoms with Gasteiger partial charge in [0.1, 0.15) is 5.72 Å². The van der Waals surface area contributed by atoms with Crippen LogP contribution in [0.4, 0.5) is 0 Å². The summed E-state index contributed by atoms with van der Waals surface area (Å²) >= 11 is 0. The molecule has 168 valence electrons. The lowest BCUT2D eigenvalue weighted by molar-refractivity contribution is -0.115. The molecule has 3 heteroatoms. The zero-order valence-electron chi connectivity index (χ0n) is 19.6. The van der Waals surface area contributed by atoms with Gasteiger partial charge < -0.3 is 9.84 Å². The van der Waals surface area contributed by atoms with E-state index in [0.717, 1.165) is 49.0 Å². The molecular weight excluding hydrogens is 370 g/mol. The number of hydrogen-bond acceptors (Lipinski definition) is 3. The Morgan fingerprint density at radius 2 is 1.90 bits per heavy atom. The third-order valence-corrected chi connectivity index (χ3v) is 11.6. The van der Waals surface area contributed by atoms with E-state index in [9.17, 15) is 5.11 Å². The van der Waals surface area contributed by atoms with E-state index in [1.807, 2.05) is 0 Å². The molecule has 6 aliphatic rings. The van der Waals surface area contributed by atoms with E-state index < -0.39 is 0 Å². The number of nitrogens with one attached hydrogen (secondary N) is 1. The summed E-state index contributed by atoms with van der Waals surface area (Å²) in [6.07, 6.45) is 13.8. The van der Waals surface area contributed by atoms with Gasteiger partial charge in [-0.05, 0) is 98.2 Å². The molecule has 0 aromatic heterocycles. The van der Waals surface area contributed by atoms with Gasteiger partial charge in [-0.3, -0.25) is 5.32 Å². The number of piperidine rings is 1. The zero-order valence-corrected chi connectivity index (χ0v) is 19.6. The van der Waals surface area contributed by atoms with Crippen LogP contribution in [0.3, 0.4) is 0 Å². The second kappa shape index (κ2) is 6.58. The summed E-state index contributed by atoms with van der Waals surface area (Å²) in [6, 6.07) is 0. The van der Waals surface area contributed by atoms with E-state index in [1.54, 1.807) is 5.57 Å². The molecule has 0 aromatic rings. The van der Waals surface area contributed by atoms with E-state index in [4.69, 9.17) is 4.74 Å². The minimum absolute atomic E-state index is 0.0439. The van der Waals surface area contributed by atoms with E-state index in [1.165, 1.54) is 44.9 Å². The van der Waals surface area contributed by atoms with Gasteiger partial charge in [-0.1, -0.05) is 39.3 Å². The van der Waals surface area contributed by atoms with Crippen LogP contribution in [0.25, 0.3) is 0 Å². The fourth-order valence-corrected chi connectivity index (χ4v) is 9.84. The normalized spacial score (nSPS) is 59.8. The zero-order chi connectivity index (χ0) is 20.9. The van der Waals surface area contributed by atoms with Crippen LogP contribution < -0.4 is 5.32 Å².